The summed E-state index contributed by atoms with van der Waals surface area (Å²) in [5.41, 5.74) is -0.563. The number of carbonyl (C=O) groups is 2. The second kappa shape index (κ2) is 6.72. The van der Waals surface area contributed by atoms with Crippen LogP contribution in [0.4, 0.5) is 4.79 Å². The van der Waals surface area contributed by atoms with E-state index in [2.05, 4.69) is 5.32 Å². The van der Waals surface area contributed by atoms with Crippen LogP contribution in [0.1, 0.15) is 20.8 Å². The summed E-state index contributed by atoms with van der Waals surface area (Å²) in [6, 6.07) is -0.413. The van der Waals surface area contributed by atoms with Gasteiger partial charge in [-0.25, -0.2) is 4.79 Å². The number of nitrogens with zero attached hydrogens (tertiary/aromatic N) is 1. The topological polar surface area (TPSA) is 88.1 Å². The van der Waals surface area contributed by atoms with Gasteiger partial charge in [-0.1, -0.05) is 0 Å². The Morgan fingerprint density at radius 1 is 1.37 bits per heavy atom. The predicted molar refractivity (Wildman–Crippen MR) is 68.1 cm³/mol. The molecule has 0 bridgehead atoms. The molecule has 7 heteroatoms. The largest absolute Gasteiger partial charge is 0.480 e. The molecule has 0 radical (unpaired) electrons. The fourth-order valence-electron chi connectivity index (χ4n) is 1.70. The lowest BCUT2D eigenvalue weighted by Crippen LogP contribution is -2.54. The van der Waals surface area contributed by atoms with Gasteiger partial charge in [-0.15, -0.1) is 0 Å². The standard InChI is InChI=1S/C12H22N2O5/c1-12(2,3)14(7-10(15)16)11(17)13-6-9-8-18-4-5-19-9/h9H,4-8H2,1-3H3,(H,13,17)(H,15,16). The molecular formula is C12H22N2O5. The SMILES string of the molecule is CC(C)(C)N(CC(=O)O)C(=O)NCC1COCCO1. The summed E-state index contributed by atoms with van der Waals surface area (Å²) in [6.07, 6.45) is -0.177. The number of ether oxygens (including phenoxy) is 2. The Morgan fingerprint density at radius 3 is 2.53 bits per heavy atom. The van der Waals surface area contributed by atoms with Crippen molar-refractivity contribution >= 4 is 12.0 Å². The zero-order valence-corrected chi connectivity index (χ0v) is 11.6. The average Bonchev–Trinajstić information content (AvgIpc) is 2.33. The van der Waals surface area contributed by atoms with Gasteiger partial charge in [-0.2, -0.15) is 0 Å². The highest BCUT2D eigenvalue weighted by Crippen LogP contribution is 2.13. The first-order chi connectivity index (χ1) is 8.80. The molecule has 1 unspecified atom stereocenters. The van der Waals surface area contributed by atoms with Crippen molar-refractivity contribution in [2.75, 3.05) is 32.9 Å². The molecule has 1 atom stereocenters. The Hall–Kier alpha value is -1.34. The summed E-state index contributed by atoms with van der Waals surface area (Å²) in [6.45, 7) is 6.86. The molecule has 0 aromatic heterocycles. The summed E-state index contributed by atoms with van der Waals surface area (Å²) in [7, 11) is 0. The van der Waals surface area contributed by atoms with Crippen LogP contribution in [0.5, 0.6) is 0 Å². The molecule has 0 aromatic rings. The number of hydrogen-bond donors (Lipinski definition) is 2. The first-order valence-electron chi connectivity index (χ1n) is 6.27. The molecule has 1 rings (SSSR count). The Kier molecular flexibility index (Phi) is 5.56. The lowest BCUT2D eigenvalue weighted by atomic mass is 10.1. The predicted octanol–water partition coefficient (Wildman–Crippen LogP) is 0.297. The van der Waals surface area contributed by atoms with Gasteiger partial charge in [-0.05, 0) is 20.8 Å². The number of urea groups is 1. The molecule has 1 aliphatic rings. The van der Waals surface area contributed by atoms with Gasteiger partial charge < -0.3 is 24.8 Å². The van der Waals surface area contributed by atoms with Crippen molar-refractivity contribution in [3.05, 3.63) is 0 Å². The summed E-state index contributed by atoms with van der Waals surface area (Å²) in [4.78, 5) is 24.1. The molecule has 1 aliphatic heterocycles. The van der Waals surface area contributed by atoms with Gasteiger partial charge in [0.15, 0.2) is 0 Å². The lowest BCUT2D eigenvalue weighted by Gasteiger charge is -2.35. The quantitative estimate of drug-likeness (QED) is 0.769. The minimum absolute atomic E-state index is 0.177. The van der Waals surface area contributed by atoms with Gasteiger partial charge in [0.25, 0.3) is 0 Å². The van der Waals surface area contributed by atoms with Gasteiger partial charge >= 0.3 is 12.0 Å². The molecule has 0 spiro atoms. The van der Waals surface area contributed by atoms with Crippen molar-refractivity contribution in [1.82, 2.24) is 10.2 Å². The second-order valence-electron chi connectivity index (χ2n) is 5.40. The van der Waals surface area contributed by atoms with Crippen LogP contribution in [0.25, 0.3) is 0 Å². The lowest BCUT2D eigenvalue weighted by molar-refractivity contribution is -0.138. The zero-order chi connectivity index (χ0) is 14.5. The van der Waals surface area contributed by atoms with E-state index < -0.39 is 17.5 Å². The number of aliphatic carboxylic acids is 1. The maximum atomic E-state index is 12.0. The molecule has 1 heterocycles. The summed E-state index contributed by atoms with van der Waals surface area (Å²) in [5, 5.41) is 11.5. The van der Waals surface area contributed by atoms with Gasteiger partial charge in [-0.3, -0.25) is 4.79 Å². The first kappa shape index (κ1) is 15.7. The Morgan fingerprint density at radius 2 is 2.05 bits per heavy atom. The molecule has 1 fully saturated rings. The van der Waals surface area contributed by atoms with E-state index in [4.69, 9.17) is 14.6 Å². The molecule has 2 N–H and O–H groups in total. The van der Waals surface area contributed by atoms with E-state index in [1.165, 1.54) is 4.90 Å². The Bertz CT molecular complexity index is 321. The third-order valence-corrected chi connectivity index (χ3v) is 2.71. The van der Waals surface area contributed by atoms with Crippen LogP contribution in [0.3, 0.4) is 0 Å². The van der Waals surface area contributed by atoms with Crippen molar-refractivity contribution in [2.45, 2.75) is 32.4 Å². The molecule has 1 saturated heterocycles. The van der Waals surface area contributed by atoms with Gasteiger partial charge in [0.1, 0.15) is 6.54 Å². The number of carboxylic acid groups (broad SMARTS) is 1. The third kappa shape index (κ3) is 5.44. The minimum atomic E-state index is -1.04. The van der Waals surface area contributed by atoms with E-state index >= 15 is 0 Å². The second-order valence-corrected chi connectivity index (χ2v) is 5.40. The Labute approximate surface area is 112 Å². The monoisotopic (exact) mass is 274 g/mol. The minimum Gasteiger partial charge on any atom is -0.480 e. The Balaban J connectivity index is 2.49. The van der Waals surface area contributed by atoms with Crippen molar-refractivity contribution < 1.29 is 24.2 Å². The summed E-state index contributed by atoms with van der Waals surface area (Å²) in [5.74, 6) is -1.04. The molecule has 110 valence electrons. The number of rotatable bonds is 4. The third-order valence-electron chi connectivity index (χ3n) is 2.71. The smallest absolute Gasteiger partial charge is 0.323 e. The van der Waals surface area contributed by atoms with Gasteiger partial charge in [0.05, 0.1) is 25.9 Å². The van der Waals surface area contributed by atoms with Crippen LogP contribution in [-0.4, -0.2) is 66.6 Å². The fraction of sp³-hybridized carbons (Fsp3) is 0.833. The normalized spacial score (nSPS) is 19.8. The van der Waals surface area contributed by atoms with Crippen LogP contribution in [0.15, 0.2) is 0 Å². The highest BCUT2D eigenvalue weighted by atomic mass is 16.6. The van der Waals surface area contributed by atoms with Crippen molar-refractivity contribution in [2.24, 2.45) is 0 Å². The summed E-state index contributed by atoms with van der Waals surface area (Å²) >= 11 is 0. The molecular weight excluding hydrogens is 252 g/mol. The number of carboxylic acids is 1. The highest BCUT2D eigenvalue weighted by molar-refractivity contribution is 5.80. The van der Waals surface area contributed by atoms with Crippen LogP contribution in [0, 0.1) is 0 Å². The molecule has 19 heavy (non-hydrogen) atoms. The van der Waals surface area contributed by atoms with E-state index in [1.807, 2.05) is 0 Å². The zero-order valence-electron chi connectivity index (χ0n) is 11.6. The molecule has 2 amide bonds. The molecule has 0 saturated carbocycles. The van der Waals surface area contributed by atoms with E-state index in [1.54, 1.807) is 20.8 Å². The fourth-order valence-corrected chi connectivity index (χ4v) is 1.70. The van der Waals surface area contributed by atoms with Gasteiger partial charge in [0.2, 0.25) is 0 Å². The van der Waals surface area contributed by atoms with Crippen LogP contribution in [-0.2, 0) is 14.3 Å². The maximum Gasteiger partial charge on any atom is 0.323 e. The number of amides is 2. The first-order valence-corrected chi connectivity index (χ1v) is 6.27. The van der Waals surface area contributed by atoms with Crippen molar-refractivity contribution in [3.63, 3.8) is 0 Å². The summed E-state index contributed by atoms with van der Waals surface area (Å²) < 4.78 is 10.6. The van der Waals surface area contributed by atoms with E-state index in [0.717, 1.165) is 0 Å². The van der Waals surface area contributed by atoms with Crippen LogP contribution < -0.4 is 5.32 Å². The number of nitrogens with one attached hydrogen (secondary N) is 1. The van der Waals surface area contributed by atoms with Crippen molar-refractivity contribution in [1.29, 1.82) is 0 Å². The number of hydrogen-bond acceptors (Lipinski definition) is 4. The number of carbonyl (C=O) groups excluding carboxylic acids is 1. The van der Waals surface area contributed by atoms with Crippen LogP contribution in [0.2, 0.25) is 0 Å². The average molecular weight is 274 g/mol. The van der Waals surface area contributed by atoms with E-state index in [-0.39, 0.29) is 12.6 Å². The highest BCUT2D eigenvalue weighted by Gasteiger charge is 2.29. The molecule has 0 aromatic carbocycles. The molecule has 0 aliphatic carbocycles. The maximum absolute atomic E-state index is 12.0. The van der Waals surface area contributed by atoms with E-state index in [0.29, 0.717) is 26.4 Å². The van der Waals surface area contributed by atoms with Gasteiger partial charge in [0, 0.05) is 12.1 Å². The molecule has 7 nitrogen and oxygen atoms in total. The van der Waals surface area contributed by atoms with Crippen LogP contribution >= 0.6 is 0 Å². The van der Waals surface area contributed by atoms with E-state index in [9.17, 15) is 9.59 Å². The van der Waals surface area contributed by atoms with Crippen molar-refractivity contribution in [3.8, 4) is 0 Å².